The van der Waals surface area contributed by atoms with Crippen molar-refractivity contribution in [1.29, 1.82) is 0 Å². The van der Waals surface area contributed by atoms with Crippen molar-refractivity contribution in [1.82, 2.24) is 5.32 Å². The van der Waals surface area contributed by atoms with Crippen LogP contribution in [-0.4, -0.2) is 6.61 Å². The zero-order valence-corrected chi connectivity index (χ0v) is 12.2. The Morgan fingerprint density at radius 1 is 1.29 bits per heavy atom. The minimum atomic E-state index is 0.407. The molecule has 1 aromatic carbocycles. The molecule has 21 heavy (non-hydrogen) atoms. The first kappa shape index (κ1) is 14.0. The number of rotatable bonds is 6. The first-order valence-corrected chi connectivity index (χ1v) is 7.49. The fourth-order valence-corrected chi connectivity index (χ4v) is 2.80. The van der Waals surface area contributed by atoms with Gasteiger partial charge in [0, 0.05) is 24.6 Å². The first-order valence-electron chi connectivity index (χ1n) is 7.49. The average molecular weight is 283 g/mol. The Morgan fingerprint density at radius 3 is 2.95 bits per heavy atom. The van der Waals surface area contributed by atoms with Gasteiger partial charge in [0.05, 0.1) is 6.26 Å². The Kier molecular flexibility index (Phi) is 4.41. The molecule has 1 unspecified atom stereocenters. The van der Waals surface area contributed by atoms with Crippen molar-refractivity contribution >= 4 is 0 Å². The first-order chi connectivity index (χ1) is 10.4. The lowest BCUT2D eigenvalue weighted by molar-refractivity contribution is 0.363. The molecule has 3 nitrogen and oxygen atoms in total. The molecule has 0 amide bonds. The third-order valence-electron chi connectivity index (χ3n) is 3.90. The molecule has 3 heteroatoms. The molecule has 110 valence electrons. The van der Waals surface area contributed by atoms with Gasteiger partial charge in [-0.15, -0.1) is 0 Å². The number of hydrogen-bond acceptors (Lipinski definition) is 3. The van der Waals surface area contributed by atoms with Crippen LogP contribution in [0.25, 0.3) is 0 Å². The van der Waals surface area contributed by atoms with Crippen molar-refractivity contribution in [3.05, 3.63) is 66.1 Å². The van der Waals surface area contributed by atoms with Crippen molar-refractivity contribution in [2.24, 2.45) is 0 Å². The quantitative estimate of drug-likeness (QED) is 0.813. The summed E-state index contributed by atoms with van der Waals surface area (Å²) in [5, 5.41) is 3.63. The molecule has 1 aromatic heterocycles. The summed E-state index contributed by atoms with van der Waals surface area (Å²) in [6.45, 7) is 5.05. The van der Waals surface area contributed by atoms with Gasteiger partial charge in [-0.2, -0.15) is 0 Å². The van der Waals surface area contributed by atoms with E-state index >= 15 is 0 Å². The van der Waals surface area contributed by atoms with E-state index in [1.807, 2.05) is 12.1 Å². The second kappa shape index (κ2) is 6.64. The third-order valence-corrected chi connectivity index (χ3v) is 3.90. The van der Waals surface area contributed by atoms with Gasteiger partial charge in [0.2, 0.25) is 0 Å². The molecule has 1 heterocycles. The molecule has 0 saturated carbocycles. The summed E-state index contributed by atoms with van der Waals surface area (Å²) in [4.78, 5) is 0. The van der Waals surface area contributed by atoms with Crippen molar-refractivity contribution in [2.45, 2.75) is 31.8 Å². The summed E-state index contributed by atoms with van der Waals surface area (Å²) in [6.07, 6.45) is 6.98. The van der Waals surface area contributed by atoms with Crippen LogP contribution in [0.15, 0.2) is 53.7 Å². The molecule has 0 saturated heterocycles. The molecule has 1 N–H and O–H groups in total. The highest BCUT2D eigenvalue weighted by atomic mass is 16.5. The third kappa shape index (κ3) is 3.37. The number of ether oxygens (including phenoxy) is 1. The number of aryl methyl sites for hydroxylation is 1. The molecule has 1 aliphatic carbocycles. The van der Waals surface area contributed by atoms with Crippen LogP contribution in [0.2, 0.25) is 0 Å². The summed E-state index contributed by atoms with van der Waals surface area (Å²) in [5.74, 6) is 2.03. The predicted molar refractivity (Wildman–Crippen MR) is 83.4 cm³/mol. The maximum absolute atomic E-state index is 5.53. The van der Waals surface area contributed by atoms with Crippen molar-refractivity contribution in [2.75, 3.05) is 6.61 Å². The Balaban J connectivity index is 1.57. The van der Waals surface area contributed by atoms with E-state index in [1.165, 1.54) is 24.0 Å². The largest absolute Gasteiger partial charge is 0.490 e. The zero-order chi connectivity index (χ0) is 14.5. The van der Waals surface area contributed by atoms with Gasteiger partial charge in [0.25, 0.3) is 0 Å². The molecule has 0 spiro atoms. The van der Waals surface area contributed by atoms with Gasteiger partial charge >= 0.3 is 0 Å². The molecule has 2 aromatic rings. The fourth-order valence-electron chi connectivity index (χ4n) is 2.80. The lowest BCUT2D eigenvalue weighted by Gasteiger charge is -2.22. The van der Waals surface area contributed by atoms with Gasteiger partial charge in [0.15, 0.2) is 0 Å². The van der Waals surface area contributed by atoms with Gasteiger partial charge < -0.3 is 14.5 Å². The van der Waals surface area contributed by atoms with Crippen molar-refractivity contribution in [3.8, 4) is 5.75 Å². The van der Waals surface area contributed by atoms with Crippen molar-refractivity contribution in [3.63, 3.8) is 0 Å². The normalized spacial score (nSPS) is 17.2. The smallest absolute Gasteiger partial charge is 0.119 e. The van der Waals surface area contributed by atoms with Crippen LogP contribution in [0, 0.1) is 0 Å². The number of furan rings is 1. The fraction of sp³-hybridized carbons (Fsp3) is 0.333. The van der Waals surface area contributed by atoms with E-state index in [2.05, 4.69) is 30.1 Å². The van der Waals surface area contributed by atoms with Crippen molar-refractivity contribution < 1.29 is 9.15 Å². The van der Waals surface area contributed by atoms with Gasteiger partial charge in [-0.25, -0.2) is 0 Å². The number of hydrogen-bond donors (Lipinski definition) is 1. The van der Waals surface area contributed by atoms with E-state index in [0.29, 0.717) is 12.6 Å². The lowest BCUT2D eigenvalue weighted by Crippen LogP contribution is -2.23. The van der Waals surface area contributed by atoms with E-state index in [4.69, 9.17) is 9.15 Å². The van der Waals surface area contributed by atoms with Crippen LogP contribution >= 0.6 is 0 Å². The van der Waals surface area contributed by atoms with Crippen LogP contribution < -0.4 is 10.1 Å². The number of benzene rings is 1. The Morgan fingerprint density at radius 2 is 2.14 bits per heavy atom. The Hall–Kier alpha value is -2.00. The molecular formula is C18H21NO2. The number of fused-ring (bicyclic) bond motifs is 1. The molecule has 1 aliphatic rings. The SMILES string of the molecule is C=CCOc1ccc(CNC2CCCc3occc32)cc1. The molecule has 0 aliphatic heterocycles. The average Bonchev–Trinajstić information content (AvgIpc) is 3.01. The number of nitrogens with one attached hydrogen (secondary N) is 1. The maximum Gasteiger partial charge on any atom is 0.119 e. The van der Waals surface area contributed by atoms with E-state index in [-0.39, 0.29) is 0 Å². The van der Waals surface area contributed by atoms with Crippen LogP contribution in [-0.2, 0) is 13.0 Å². The second-order valence-corrected chi connectivity index (χ2v) is 5.37. The van der Waals surface area contributed by atoms with Crippen LogP contribution in [0.5, 0.6) is 5.75 Å². The maximum atomic E-state index is 5.53. The van der Waals surface area contributed by atoms with E-state index in [9.17, 15) is 0 Å². The molecular weight excluding hydrogens is 262 g/mol. The van der Waals surface area contributed by atoms with E-state index in [1.54, 1.807) is 12.3 Å². The summed E-state index contributed by atoms with van der Waals surface area (Å²) in [6, 6.07) is 10.7. The summed E-state index contributed by atoms with van der Waals surface area (Å²) in [5.41, 5.74) is 2.59. The highest BCUT2D eigenvalue weighted by Gasteiger charge is 2.21. The van der Waals surface area contributed by atoms with Crippen LogP contribution in [0.1, 0.15) is 35.8 Å². The minimum absolute atomic E-state index is 0.407. The molecule has 1 atom stereocenters. The van der Waals surface area contributed by atoms with Gasteiger partial charge in [0.1, 0.15) is 18.1 Å². The molecule has 0 bridgehead atoms. The minimum Gasteiger partial charge on any atom is -0.490 e. The highest BCUT2D eigenvalue weighted by Crippen LogP contribution is 2.30. The van der Waals surface area contributed by atoms with E-state index < -0.39 is 0 Å². The standard InChI is InChI=1S/C18H21NO2/c1-2-11-20-15-8-6-14(7-9-15)13-19-17-4-3-5-18-16(17)10-12-21-18/h2,6-10,12,17,19H,1,3-5,11,13H2. The summed E-state index contributed by atoms with van der Waals surface area (Å²) >= 11 is 0. The monoisotopic (exact) mass is 283 g/mol. The topological polar surface area (TPSA) is 34.4 Å². The predicted octanol–water partition coefficient (Wildman–Crippen LogP) is 4.01. The van der Waals surface area contributed by atoms with Gasteiger partial charge in [-0.1, -0.05) is 24.8 Å². The Labute approximate surface area is 125 Å². The second-order valence-electron chi connectivity index (χ2n) is 5.37. The highest BCUT2D eigenvalue weighted by molar-refractivity contribution is 5.28. The lowest BCUT2D eigenvalue weighted by atomic mass is 9.93. The molecule has 0 radical (unpaired) electrons. The van der Waals surface area contributed by atoms with E-state index in [0.717, 1.165) is 24.5 Å². The molecule has 3 rings (SSSR count). The van der Waals surface area contributed by atoms with Gasteiger partial charge in [-0.05, 0) is 36.6 Å². The summed E-state index contributed by atoms with van der Waals surface area (Å²) < 4.78 is 11.0. The van der Waals surface area contributed by atoms with Crippen LogP contribution in [0.4, 0.5) is 0 Å². The molecule has 0 fully saturated rings. The van der Waals surface area contributed by atoms with Crippen LogP contribution in [0.3, 0.4) is 0 Å². The zero-order valence-electron chi connectivity index (χ0n) is 12.2. The Bertz CT molecular complexity index is 586. The van der Waals surface area contributed by atoms with Gasteiger partial charge in [-0.3, -0.25) is 0 Å². The summed E-state index contributed by atoms with van der Waals surface area (Å²) in [7, 11) is 0.